The zero-order valence-corrected chi connectivity index (χ0v) is 12.1. The van der Waals surface area contributed by atoms with E-state index in [2.05, 4.69) is 19.2 Å². The molecule has 0 heterocycles. The predicted molar refractivity (Wildman–Crippen MR) is 76.5 cm³/mol. The Hall–Kier alpha value is -0.770. The van der Waals surface area contributed by atoms with Gasteiger partial charge in [-0.05, 0) is 38.5 Å². The van der Waals surface area contributed by atoms with Crippen LogP contribution in [0.25, 0.3) is 0 Å². The molecule has 0 unspecified atom stereocenters. The molecule has 0 spiro atoms. The number of hydrogen-bond acceptors (Lipinski definition) is 3. The van der Waals surface area contributed by atoms with Crippen LogP contribution in [0, 0.1) is 0 Å². The highest BCUT2D eigenvalue weighted by molar-refractivity contribution is 6.30. The topological polar surface area (TPSA) is 30.5 Å². The van der Waals surface area contributed by atoms with Crippen molar-refractivity contribution in [3.05, 3.63) is 29.3 Å². The van der Waals surface area contributed by atoms with Crippen molar-refractivity contribution in [1.82, 2.24) is 0 Å². The van der Waals surface area contributed by atoms with E-state index in [0.29, 0.717) is 13.2 Å². The summed E-state index contributed by atoms with van der Waals surface area (Å²) in [6, 6.07) is 7.66. The molecule has 0 atom stereocenters. The molecular weight excluding hydrogens is 250 g/mol. The SMILES string of the molecule is COC(C)(C)CCOCCNc1cccc(Cl)c1. The molecule has 0 saturated heterocycles. The number of methoxy groups -OCH3 is 1. The fourth-order valence-electron chi connectivity index (χ4n) is 1.39. The first-order valence-corrected chi connectivity index (χ1v) is 6.54. The van der Waals surface area contributed by atoms with Crippen LogP contribution in [0.4, 0.5) is 5.69 Å². The van der Waals surface area contributed by atoms with E-state index in [-0.39, 0.29) is 5.60 Å². The molecule has 0 aliphatic rings. The molecule has 0 fully saturated rings. The maximum atomic E-state index is 5.89. The molecule has 18 heavy (non-hydrogen) atoms. The van der Waals surface area contributed by atoms with E-state index in [1.807, 2.05) is 24.3 Å². The number of nitrogens with one attached hydrogen (secondary N) is 1. The van der Waals surface area contributed by atoms with Gasteiger partial charge in [0.1, 0.15) is 0 Å². The van der Waals surface area contributed by atoms with Crippen molar-refractivity contribution >= 4 is 17.3 Å². The highest BCUT2D eigenvalue weighted by atomic mass is 35.5. The summed E-state index contributed by atoms with van der Waals surface area (Å²) in [5.74, 6) is 0. The average Bonchev–Trinajstić information content (AvgIpc) is 2.34. The number of benzene rings is 1. The molecular formula is C14H22ClNO2. The second-order valence-corrected chi connectivity index (χ2v) is 5.20. The van der Waals surface area contributed by atoms with Gasteiger partial charge in [-0.1, -0.05) is 17.7 Å². The van der Waals surface area contributed by atoms with E-state index in [4.69, 9.17) is 21.1 Å². The fourth-order valence-corrected chi connectivity index (χ4v) is 1.58. The number of hydrogen-bond donors (Lipinski definition) is 1. The second kappa shape index (κ2) is 7.62. The molecule has 3 nitrogen and oxygen atoms in total. The molecule has 1 aromatic carbocycles. The largest absolute Gasteiger partial charge is 0.383 e. The number of rotatable bonds is 8. The summed E-state index contributed by atoms with van der Waals surface area (Å²) in [4.78, 5) is 0. The minimum absolute atomic E-state index is 0.111. The number of anilines is 1. The number of halogens is 1. The lowest BCUT2D eigenvalue weighted by Crippen LogP contribution is -2.25. The molecule has 0 saturated carbocycles. The summed E-state index contributed by atoms with van der Waals surface area (Å²) in [5.41, 5.74) is 0.906. The smallest absolute Gasteiger partial charge is 0.0644 e. The number of ether oxygens (including phenoxy) is 2. The van der Waals surface area contributed by atoms with Crippen LogP contribution < -0.4 is 5.32 Å². The van der Waals surface area contributed by atoms with Gasteiger partial charge >= 0.3 is 0 Å². The van der Waals surface area contributed by atoms with E-state index in [9.17, 15) is 0 Å². The van der Waals surface area contributed by atoms with E-state index < -0.39 is 0 Å². The quantitative estimate of drug-likeness (QED) is 0.733. The van der Waals surface area contributed by atoms with Crippen LogP contribution in [0.1, 0.15) is 20.3 Å². The highest BCUT2D eigenvalue weighted by Crippen LogP contribution is 2.14. The highest BCUT2D eigenvalue weighted by Gasteiger charge is 2.15. The summed E-state index contributed by atoms with van der Waals surface area (Å²) >= 11 is 5.89. The average molecular weight is 272 g/mol. The third-order valence-corrected chi connectivity index (χ3v) is 3.04. The van der Waals surface area contributed by atoms with Crippen molar-refractivity contribution in [3.63, 3.8) is 0 Å². The second-order valence-electron chi connectivity index (χ2n) is 4.76. The standard InChI is InChI=1S/C14H22ClNO2/c1-14(2,17-3)7-9-18-10-8-16-13-6-4-5-12(15)11-13/h4-6,11,16H,7-10H2,1-3H3. The monoisotopic (exact) mass is 271 g/mol. The van der Waals surface area contributed by atoms with Crippen LogP contribution in [0.2, 0.25) is 5.02 Å². The molecule has 0 aliphatic heterocycles. The summed E-state index contributed by atoms with van der Waals surface area (Å²) in [7, 11) is 1.72. The fraction of sp³-hybridized carbons (Fsp3) is 0.571. The molecule has 0 aliphatic carbocycles. The summed E-state index contributed by atoms with van der Waals surface area (Å²) in [6.45, 7) is 6.26. The van der Waals surface area contributed by atoms with Crippen LogP contribution in [-0.2, 0) is 9.47 Å². The van der Waals surface area contributed by atoms with Gasteiger partial charge < -0.3 is 14.8 Å². The van der Waals surface area contributed by atoms with E-state index in [0.717, 1.165) is 23.7 Å². The van der Waals surface area contributed by atoms with Crippen molar-refractivity contribution in [2.24, 2.45) is 0 Å². The first kappa shape index (κ1) is 15.3. The van der Waals surface area contributed by atoms with Crippen molar-refractivity contribution in [2.75, 3.05) is 32.2 Å². The first-order chi connectivity index (χ1) is 8.53. The van der Waals surface area contributed by atoms with Gasteiger partial charge in [-0.25, -0.2) is 0 Å². The lowest BCUT2D eigenvalue weighted by molar-refractivity contribution is -0.00856. The molecule has 0 radical (unpaired) electrons. The molecule has 1 N–H and O–H groups in total. The molecule has 0 aromatic heterocycles. The summed E-state index contributed by atoms with van der Waals surface area (Å²) in [6.07, 6.45) is 0.890. The van der Waals surface area contributed by atoms with Crippen molar-refractivity contribution in [3.8, 4) is 0 Å². The lowest BCUT2D eigenvalue weighted by atomic mass is 10.1. The minimum atomic E-state index is -0.111. The third kappa shape index (κ3) is 6.24. The zero-order chi connectivity index (χ0) is 13.4. The van der Waals surface area contributed by atoms with Gasteiger partial charge in [-0.3, -0.25) is 0 Å². The molecule has 0 bridgehead atoms. The molecule has 102 valence electrons. The van der Waals surface area contributed by atoms with Crippen LogP contribution >= 0.6 is 11.6 Å². The molecule has 1 aromatic rings. The van der Waals surface area contributed by atoms with Crippen molar-refractivity contribution in [2.45, 2.75) is 25.9 Å². The van der Waals surface area contributed by atoms with E-state index in [1.54, 1.807) is 7.11 Å². The predicted octanol–water partition coefficient (Wildman–Crippen LogP) is 3.58. The Kier molecular flexibility index (Phi) is 6.47. The van der Waals surface area contributed by atoms with Crippen molar-refractivity contribution in [1.29, 1.82) is 0 Å². The van der Waals surface area contributed by atoms with E-state index in [1.165, 1.54) is 0 Å². The molecule has 1 rings (SSSR count). The van der Waals surface area contributed by atoms with Gasteiger partial charge in [0.2, 0.25) is 0 Å². The van der Waals surface area contributed by atoms with Gasteiger partial charge in [0.05, 0.1) is 12.2 Å². The Balaban J connectivity index is 2.09. The maximum Gasteiger partial charge on any atom is 0.0644 e. The van der Waals surface area contributed by atoms with Gasteiger partial charge in [-0.15, -0.1) is 0 Å². The lowest BCUT2D eigenvalue weighted by Gasteiger charge is -2.22. The summed E-state index contributed by atoms with van der Waals surface area (Å²) < 4.78 is 10.9. The van der Waals surface area contributed by atoms with Gasteiger partial charge in [0.25, 0.3) is 0 Å². The Morgan fingerprint density at radius 1 is 1.28 bits per heavy atom. The van der Waals surface area contributed by atoms with Crippen LogP contribution in [0.3, 0.4) is 0 Å². The minimum Gasteiger partial charge on any atom is -0.383 e. The van der Waals surface area contributed by atoms with Crippen molar-refractivity contribution < 1.29 is 9.47 Å². The van der Waals surface area contributed by atoms with Gasteiger partial charge in [-0.2, -0.15) is 0 Å². The molecule has 4 heteroatoms. The normalized spacial score (nSPS) is 11.6. The molecule has 0 amide bonds. The van der Waals surface area contributed by atoms with Crippen LogP contribution in [-0.4, -0.2) is 32.5 Å². The Labute approximate surface area is 114 Å². The Morgan fingerprint density at radius 2 is 2.06 bits per heavy atom. The zero-order valence-electron chi connectivity index (χ0n) is 11.3. The summed E-state index contributed by atoms with van der Waals surface area (Å²) in [5, 5.41) is 4.00. The first-order valence-electron chi connectivity index (χ1n) is 6.16. The van der Waals surface area contributed by atoms with Gasteiger partial charge in [0.15, 0.2) is 0 Å². The third-order valence-electron chi connectivity index (χ3n) is 2.80. The van der Waals surface area contributed by atoms with Gasteiger partial charge in [0, 0.05) is 31.0 Å². The Bertz CT molecular complexity index is 355. The van der Waals surface area contributed by atoms with Crippen LogP contribution in [0.5, 0.6) is 0 Å². The Morgan fingerprint density at radius 3 is 2.72 bits per heavy atom. The van der Waals surface area contributed by atoms with E-state index >= 15 is 0 Å². The maximum absolute atomic E-state index is 5.89. The van der Waals surface area contributed by atoms with Crippen LogP contribution in [0.15, 0.2) is 24.3 Å².